The minimum Gasteiger partial charge on any atom is -0.496 e. The molecule has 0 aliphatic rings. The molecular weight excluding hydrogens is 338 g/mol. The van der Waals surface area contributed by atoms with Gasteiger partial charge in [0.15, 0.2) is 0 Å². The zero-order valence-corrected chi connectivity index (χ0v) is 15.9. The maximum atomic E-state index is 12.4. The maximum Gasteiger partial charge on any atom is 0.240 e. The van der Waals surface area contributed by atoms with Crippen LogP contribution in [0.15, 0.2) is 41.3 Å². The van der Waals surface area contributed by atoms with E-state index in [1.165, 1.54) is 0 Å². The van der Waals surface area contributed by atoms with E-state index >= 15 is 0 Å². The molecule has 6 heteroatoms. The molecule has 0 aliphatic heterocycles. The van der Waals surface area contributed by atoms with Gasteiger partial charge < -0.3 is 9.47 Å². The van der Waals surface area contributed by atoms with E-state index in [1.54, 1.807) is 25.3 Å². The van der Waals surface area contributed by atoms with Crippen LogP contribution in [0.2, 0.25) is 0 Å². The van der Waals surface area contributed by atoms with E-state index in [0.29, 0.717) is 12.2 Å². The number of hydrogen-bond donors (Lipinski definition) is 1. The molecule has 0 aromatic heterocycles. The van der Waals surface area contributed by atoms with Gasteiger partial charge in [-0.05, 0) is 67.3 Å². The number of nitrogens with one attached hydrogen (secondary N) is 1. The fourth-order valence-corrected chi connectivity index (χ4v) is 3.71. The van der Waals surface area contributed by atoms with Gasteiger partial charge in [0.25, 0.3) is 0 Å². The maximum absolute atomic E-state index is 12.4. The molecule has 0 heterocycles. The lowest BCUT2D eigenvalue weighted by molar-refractivity contribution is 0.322. The van der Waals surface area contributed by atoms with Gasteiger partial charge in [-0.1, -0.05) is 13.0 Å². The quantitative estimate of drug-likeness (QED) is 0.732. The van der Waals surface area contributed by atoms with E-state index in [9.17, 15) is 8.42 Å². The Morgan fingerprint density at radius 2 is 1.72 bits per heavy atom. The fourth-order valence-electron chi connectivity index (χ4n) is 2.64. The van der Waals surface area contributed by atoms with Gasteiger partial charge >= 0.3 is 0 Å². The first-order chi connectivity index (χ1) is 11.9. The Balaban J connectivity index is 1.97. The summed E-state index contributed by atoms with van der Waals surface area (Å²) < 4.78 is 38.3. The number of aryl methyl sites for hydroxylation is 3. The smallest absolute Gasteiger partial charge is 0.240 e. The Morgan fingerprint density at radius 3 is 2.32 bits per heavy atom. The van der Waals surface area contributed by atoms with Crippen molar-refractivity contribution in [1.29, 1.82) is 0 Å². The van der Waals surface area contributed by atoms with E-state index in [-0.39, 0.29) is 18.0 Å². The van der Waals surface area contributed by atoms with Crippen LogP contribution in [0.5, 0.6) is 11.5 Å². The summed E-state index contributed by atoms with van der Waals surface area (Å²) in [5.74, 6) is 1.44. The first-order valence-corrected chi connectivity index (χ1v) is 9.71. The highest BCUT2D eigenvalue weighted by molar-refractivity contribution is 7.89. The fraction of sp³-hybridized carbons (Fsp3) is 0.368. The molecule has 1 N–H and O–H groups in total. The number of rotatable bonds is 8. The minimum absolute atomic E-state index is 0.197. The van der Waals surface area contributed by atoms with Crippen molar-refractivity contribution in [3.63, 3.8) is 0 Å². The van der Waals surface area contributed by atoms with Crippen molar-refractivity contribution >= 4 is 10.0 Å². The van der Waals surface area contributed by atoms with E-state index < -0.39 is 10.0 Å². The molecule has 2 aromatic carbocycles. The van der Waals surface area contributed by atoms with Crippen molar-refractivity contribution in [2.45, 2.75) is 32.1 Å². The lowest BCUT2D eigenvalue weighted by Crippen LogP contribution is -2.28. The van der Waals surface area contributed by atoms with Crippen LogP contribution >= 0.6 is 0 Å². The average Bonchev–Trinajstić information content (AvgIpc) is 2.57. The van der Waals surface area contributed by atoms with Crippen molar-refractivity contribution in [3.05, 3.63) is 53.1 Å². The molecule has 136 valence electrons. The van der Waals surface area contributed by atoms with Gasteiger partial charge in [-0.2, -0.15) is 0 Å². The summed E-state index contributed by atoms with van der Waals surface area (Å²) in [5, 5.41) is 0. The normalized spacial score (nSPS) is 11.4. The third-order valence-electron chi connectivity index (χ3n) is 3.80. The molecule has 0 amide bonds. The highest BCUT2D eigenvalue weighted by atomic mass is 32.2. The number of benzene rings is 2. The average molecular weight is 363 g/mol. The highest BCUT2D eigenvalue weighted by Crippen LogP contribution is 2.22. The van der Waals surface area contributed by atoms with Crippen LogP contribution < -0.4 is 14.2 Å². The Bertz CT molecular complexity index is 811. The Morgan fingerprint density at radius 1 is 1.04 bits per heavy atom. The molecule has 0 bridgehead atoms. The molecule has 0 spiro atoms. The molecule has 0 unspecified atom stereocenters. The van der Waals surface area contributed by atoms with E-state index in [4.69, 9.17) is 9.47 Å². The highest BCUT2D eigenvalue weighted by Gasteiger charge is 2.15. The largest absolute Gasteiger partial charge is 0.496 e. The Kier molecular flexibility index (Phi) is 6.45. The summed E-state index contributed by atoms with van der Waals surface area (Å²) in [5.41, 5.74) is 3.08. The van der Waals surface area contributed by atoms with Crippen molar-refractivity contribution in [2.24, 2.45) is 0 Å². The molecule has 0 aliphatic carbocycles. The van der Waals surface area contributed by atoms with Gasteiger partial charge in [-0.25, -0.2) is 13.1 Å². The molecule has 2 aromatic rings. The summed E-state index contributed by atoms with van der Waals surface area (Å²) >= 11 is 0. The minimum atomic E-state index is -3.57. The van der Waals surface area contributed by atoms with Crippen LogP contribution in [0, 0.1) is 13.8 Å². The molecule has 5 nitrogen and oxygen atoms in total. The Labute approximate surface area is 150 Å². The van der Waals surface area contributed by atoms with Crippen LogP contribution in [0.1, 0.15) is 23.6 Å². The van der Waals surface area contributed by atoms with E-state index in [2.05, 4.69) is 10.8 Å². The third kappa shape index (κ3) is 5.21. The van der Waals surface area contributed by atoms with Gasteiger partial charge in [0, 0.05) is 6.54 Å². The molecule has 0 atom stereocenters. The SMILES string of the molecule is CCc1cc(S(=O)(=O)NCCOc2cc(C)cc(C)c2)ccc1OC. The number of sulfonamides is 1. The summed E-state index contributed by atoms with van der Waals surface area (Å²) in [4.78, 5) is 0.233. The van der Waals surface area contributed by atoms with Crippen molar-refractivity contribution in [1.82, 2.24) is 4.72 Å². The van der Waals surface area contributed by atoms with Crippen molar-refractivity contribution < 1.29 is 17.9 Å². The van der Waals surface area contributed by atoms with Crippen molar-refractivity contribution in [2.75, 3.05) is 20.3 Å². The number of hydrogen-bond acceptors (Lipinski definition) is 4. The van der Waals surface area contributed by atoms with Crippen LogP contribution in [0.4, 0.5) is 0 Å². The summed E-state index contributed by atoms with van der Waals surface area (Å²) in [6.45, 7) is 6.41. The molecule has 0 saturated heterocycles. The van der Waals surface area contributed by atoms with Gasteiger partial charge in [-0.15, -0.1) is 0 Å². The summed E-state index contributed by atoms with van der Waals surface area (Å²) in [7, 11) is -2.00. The van der Waals surface area contributed by atoms with Gasteiger partial charge in [0.05, 0.1) is 12.0 Å². The second-order valence-corrected chi connectivity index (χ2v) is 7.66. The second-order valence-electron chi connectivity index (χ2n) is 5.90. The van der Waals surface area contributed by atoms with Crippen LogP contribution in [0.25, 0.3) is 0 Å². The standard InChI is InChI=1S/C19H25NO4S/c1-5-16-13-18(6-7-19(16)23-4)25(21,22)20-8-9-24-17-11-14(2)10-15(3)12-17/h6-7,10-13,20H,5,8-9H2,1-4H3. The van der Waals surface area contributed by atoms with Crippen LogP contribution in [-0.4, -0.2) is 28.7 Å². The zero-order chi connectivity index (χ0) is 18.4. The zero-order valence-electron chi connectivity index (χ0n) is 15.1. The number of ether oxygens (including phenoxy) is 2. The first-order valence-electron chi connectivity index (χ1n) is 8.23. The number of methoxy groups -OCH3 is 1. The molecule has 2 rings (SSSR count). The van der Waals surface area contributed by atoms with Gasteiger partial charge in [0.1, 0.15) is 18.1 Å². The van der Waals surface area contributed by atoms with Crippen molar-refractivity contribution in [3.8, 4) is 11.5 Å². The summed E-state index contributed by atoms with van der Waals surface area (Å²) in [6.07, 6.45) is 0.697. The van der Waals surface area contributed by atoms with E-state index in [1.807, 2.05) is 32.9 Å². The molecule has 25 heavy (non-hydrogen) atoms. The van der Waals surface area contributed by atoms with E-state index in [0.717, 1.165) is 22.4 Å². The predicted molar refractivity (Wildman–Crippen MR) is 99.0 cm³/mol. The lowest BCUT2D eigenvalue weighted by Gasteiger charge is -2.12. The molecule has 0 radical (unpaired) electrons. The van der Waals surface area contributed by atoms with Crippen LogP contribution in [-0.2, 0) is 16.4 Å². The summed E-state index contributed by atoms with van der Waals surface area (Å²) in [6, 6.07) is 10.8. The monoisotopic (exact) mass is 363 g/mol. The van der Waals surface area contributed by atoms with Gasteiger partial charge in [-0.3, -0.25) is 0 Å². The first kappa shape index (κ1) is 19.3. The second kappa shape index (κ2) is 8.36. The van der Waals surface area contributed by atoms with Crippen LogP contribution in [0.3, 0.4) is 0 Å². The topological polar surface area (TPSA) is 64.6 Å². The molecule has 0 fully saturated rings. The molecule has 0 saturated carbocycles. The predicted octanol–water partition coefficient (Wildman–Crippen LogP) is 3.23. The third-order valence-corrected chi connectivity index (χ3v) is 5.26. The Hall–Kier alpha value is -2.05. The lowest BCUT2D eigenvalue weighted by atomic mass is 10.1. The molecular formula is C19H25NO4S. The van der Waals surface area contributed by atoms with Gasteiger partial charge in [0.2, 0.25) is 10.0 Å².